The summed E-state index contributed by atoms with van der Waals surface area (Å²) in [7, 11) is 1.78. The molecule has 3 rings (SSSR count). The minimum atomic E-state index is 0.0322. The van der Waals surface area contributed by atoms with Crippen molar-refractivity contribution in [2.45, 2.75) is 24.0 Å². The highest BCUT2D eigenvalue weighted by Gasteiger charge is 2.28. The molecule has 9 heteroatoms. The first-order valence-corrected chi connectivity index (χ1v) is 9.44. The number of benzene rings is 1. The van der Waals surface area contributed by atoms with E-state index in [1.165, 1.54) is 11.8 Å². The molecule has 128 valence electrons. The summed E-state index contributed by atoms with van der Waals surface area (Å²) in [6, 6.07) is 8.03. The molecule has 1 heterocycles. The van der Waals surface area contributed by atoms with Crippen molar-refractivity contribution in [1.82, 2.24) is 25.1 Å². The average molecular weight is 412 g/mol. The third-order valence-corrected chi connectivity index (χ3v) is 5.06. The molecule has 24 heavy (non-hydrogen) atoms. The van der Waals surface area contributed by atoms with Crippen LogP contribution in [0.2, 0.25) is 0 Å². The van der Waals surface area contributed by atoms with Crippen LogP contribution in [-0.4, -0.2) is 57.0 Å². The molecule has 1 aromatic carbocycles. The number of aromatic nitrogens is 4. The standard InChI is InChI=1S/C15H18BrN5O2S/c1-20(8-9-23-13-6-2-11(16)3-7-13)14(22)10-24-15-17-18-19-21(15)12-4-5-12/h2-3,6-7,12H,4-5,8-10H2,1H3. The lowest BCUT2D eigenvalue weighted by molar-refractivity contribution is -0.127. The fourth-order valence-corrected chi connectivity index (χ4v) is 3.17. The number of tetrazole rings is 1. The van der Waals surface area contributed by atoms with Gasteiger partial charge in [0.1, 0.15) is 12.4 Å². The number of rotatable bonds is 8. The van der Waals surface area contributed by atoms with Gasteiger partial charge in [-0.25, -0.2) is 4.68 Å². The summed E-state index contributed by atoms with van der Waals surface area (Å²) in [4.78, 5) is 13.9. The molecule has 7 nitrogen and oxygen atoms in total. The van der Waals surface area contributed by atoms with Gasteiger partial charge in [-0.15, -0.1) is 5.10 Å². The van der Waals surface area contributed by atoms with Crippen LogP contribution in [0.15, 0.2) is 33.9 Å². The third kappa shape index (κ3) is 4.70. The van der Waals surface area contributed by atoms with Crippen LogP contribution in [0.25, 0.3) is 0 Å². The summed E-state index contributed by atoms with van der Waals surface area (Å²) in [6.07, 6.45) is 2.22. The van der Waals surface area contributed by atoms with Gasteiger partial charge in [0.15, 0.2) is 0 Å². The molecule has 1 fully saturated rings. The Morgan fingerprint density at radius 3 is 2.88 bits per heavy atom. The van der Waals surface area contributed by atoms with Crippen molar-refractivity contribution in [3.8, 4) is 5.75 Å². The Morgan fingerprint density at radius 2 is 2.17 bits per heavy atom. The zero-order chi connectivity index (χ0) is 16.9. The van der Waals surface area contributed by atoms with Crippen LogP contribution >= 0.6 is 27.7 Å². The lowest BCUT2D eigenvalue weighted by atomic mass is 10.3. The molecule has 0 aliphatic heterocycles. The second-order valence-electron chi connectivity index (χ2n) is 5.54. The number of hydrogen-bond donors (Lipinski definition) is 0. The van der Waals surface area contributed by atoms with Crippen LogP contribution in [0.5, 0.6) is 5.75 Å². The number of thioether (sulfide) groups is 1. The molecule has 1 saturated carbocycles. The first-order valence-electron chi connectivity index (χ1n) is 7.66. The molecule has 2 aromatic rings. The van der Waals surface area contributed by atoms with Gasteiger partial charge in [-0.1, -0.05) is 27.7 Å². The zero-order valence-corrected chi connectivity index (χ0v) is 15.7. The summed E-state index contributed by atoms with van der Waals surface area (Å²) in [6.45, 7) is 0.984. The van der Waals surface area contributed by atoms with Gasteiger partial charge in [-0.2, -0.15) is 0 Å². The second kappa shape index (κ2) is 7.98. The van der Waals surface area contributed by atoms with E-state index in [4.69, 9.17) is 4.74 Å². The van der Waals surface area contributed by atoms with E-state index in [0.29, 0.717) is 30.1 Å². The van der Waals surface area contributed by atoms with Crippen LogP contribution in [0, 0.1) is 0 Å². The first kappa shape index (κ1) is 17.2. The van der Waals surface area contributed by atoms with E-state index in [9.17, 15) is 4.79 Å². The van der Waals surface area contributed by atoms with E-state index in [0.717, 1.165) is 23.1 Å². The number of carbonyl (C=O) groups excluding carboxylic acids is 1. The number of likely N-dealkylation sites (N-methyl/N-ethyl adjacent to an activating group) is 1. The molecule has 1 aliphatic rings. The number of amides is 1. The topological polar surface area (TPSA) is 73.1 Å². The van der Waals surface area contributed by atoms with Crippen molar-refractivity contribution in [3.63, 3.8) is 0 Å². The summed E-state index contributed by atoms with van der Waals surface area (Å²) < 4.78 is 8.45. The van der Waals surface area contributed by atoms with Gasteiger partial charge < -0.3 is 9.64 Å². The van der Waals surface area contributed by atoms with E-state index >= 15 is 0 Å². The number of ether oxygens (including phenoxy) is 1. The summed E-state index contributed by atoms with van der Waals surface area (Å²) in [5, 5.41) is 12.4. The van der Waals surface area contributed by atoms with Gasteiger partial charge in [-0.3, -0.25) is 4.79 Å². The van der Waals surface area contributed by atoms with E-state index in [1.807, 2.05) is 28.9 Å². The fraction of sp³-hybridized carbons (Fsp3) is 0.467. The van der Waals surface area contributed by atoms with Crippen molar-refractivity contribution in [3.05, 3.63) is 28.7 Å². The summed E-state index contributed by atoms with van der Waals surface area (Å²) in [5.41, 5.74) is 0. The van der Waals surface area contributed by atoms with E-state index in [-0.39, 0.29) is 5.91 Å². The molecule has 0 N–H and O–H groups in total. The summed E-state index contributed by atoms with van der Waals surface area (Å²) in [5.74, 6) is 1.14. The molecule has 1 aliphatic carbocycles. The maximum atomic E-state index is 12.2. The molecule has 0 unspecified atom stereocenters. The quantitative estimate of drug-likeness (QED) is 0.620. The van der Waals surface area contributed by atoms with Gasteiger partial charge >= 0.3 is 0 Å². The molecule has 1 amide bonds. The van der Waals surface area contributed by atoms with Gasteiger partial charge in [0, 0.05) is 11.5 Å². The van der Waals surface area contributed by atoms with Crippen LogP contribution in [-0.2, 0) is 4.79 Å². The second-order valence-corrected chi connectivity index (χ2v) is 7.40. The summed E-state index contributed by atoms with van der Waals surface area (Å²) >= 11 is 4.76. The van der Waals surface area contributed by atoms with E-state index < -0.39 is 0 Å². The van der Waals surface area contributed by atoms with Gasteiger partial charge in [0.25, 0.3) is 0 Å². The highest BCUT2D eigenvalue weighted by molar-refractivity contribution is 9.10. The van der Waals surface area contributed by atoms with Crippen molar-refractivity contribution in [2.75, 3.05) is 26.0 Å². The predicted octanol–water partition coefficient (Wildman–Crippen LogP) is 2.40. The Bertz CT molecular complexity index is 689. The minimum Gasteiger partial charge on any atom is -0.492 e. The van der Waals surface area contributed by atoms with E-state index in [1.54, 1.807) is 11.9 Å². The van der Waals surface area contributed by atoms with Crippen molar-refractivity contribution in [1.29, 1.82) is 0 Å². The molecule has 0 bridgehead atoms. The lowest BCUT2D eigenvalue weighted by Crippen LogP contribution is -2.32. The van der Waals surface area contributed by atoms with Crippen molar-refractivity contribution >= 4 is 33.6 Å². The number of carbonyl (C=O) groups is 1. The van der Waals surface area contributed by atoms with Gasteiger partial charge in [-0.05, 0) is 47.5 Å². The zero-order valence-electron chi connectivity index (χ0n) is 13.3. The fourth-order valence-electron chi connectivity index (χ4n) is 2.02. The Labute approximate surface area is 152 Å². The van der Waals surface area contributed by atoms with Crippen LogP contribution < -0.4 is 4.74 Å². The van der Waals surface area contributed by atoms with E-state index in [2.05, 4.69) is 31.5 Å². The SMILES string of the molecule is CN(CCOc1ccc(Br)cc1)C(=O)CSc1nnnn1C1CC1. The Kier molecular flexibility index (Phi) is 5.72. The molecular weight excluding hydrogens is 394 g/mol. The lowest BCUT2D eigenvalue weighted by Gasteiger charge is -2.17. The van der Waals surface area contributed by atoms with Crippen LogP contribution in [0.1, 0.15) is 18.9 Å². The van der Waals surface area contributed by atoms with Gasteiger partial charge in [0.05, 0.1) is 18.3 Å². The minimum absolute atomic E-state index is 0.0322. The van der Waals surface area contributed by atoms with Crippen LogP contribution in [0.3, 0.4) is 0 Å². The van der Waals surface area contributed by atoms with Crippen molar-refractivity contribution in [2.24, 2.45) is 0 Å². The smallest absolute Gasteiger partial charge is 0.232 e. The normalized spacial score (nSPS) is 13.8. The molecule has 0 radical (unpaired) electrons. The van der Waals surface area contributed by atoms with Crippen molar-refractivity contribution < 1.29 is 9.53 Å². The Morgan fingerprint density at radius 1 is 1.42 bits per heavy atom. The molecule has 0 atom stereocenters. The molecule has 1 aromatic heterocycles. The highest BCUT2D eigenvalue weighted by Crippen LogP contribution is 2.36. The largest absolute Gasteiger partial charge is 0.492 e. The van der Waals surface area contributed by atoms with Crippen LogP contribution in [0.4, 0.5) is 0 Å². The monoisotopic (exact) mass is 411 g/mol. The number of nitrogens with zero attached hydrogens (tertiary/aromatic N) is 5. The highest BCUT2D eigenvalue weighted by atomic mass is 79.9. The Hall–Kier alpha value is -1.61. The first-order chi connectivity index (χ1) is 11.6. The maximum absolute atomic E-state index is 12.2. The predicted molar refractivity (Wildman–Crippen MR) is 94.1 cm³/mol. The molecular formula is C15H18BrN5O2S. The molecule has 0 saturated heterocycles. The Balaban J connectivity index is 1.39. The van der Waals surface area contributed by atoms with Gasteiger partial charge in [0.2, 0.25) is 11.1 Å². The number of hydrogen-bond acceptors (Lipinski definition) is 6. The third-order valence-electron chi connectivity index (χ3n) is 3.61. The molecule has 0 spiro atoms. The maximum Gasteiger partial charge on any atom is 0.232 e. The number of halogens is 1. The average Bonchev–Trinajstić information content (AvgIpc) is 3.32.